The van der Waals surface area contributed by atoms with Gasteiger partial charge in [0.15, 0.2) is 5.82 Å². The van der Waals surface area contributed by atoms with Gasteiger partial charge in [0.1, 0.15) is 0 Å². The molecule has 1 amide bonds. The molecule has 7 heteroatoms. The summed E-state index contributed by atoms with van der Waals surface area (Å²) < 4.78 is 1.83. The van der Waals surface area contributed by atoms with Crippen molar-refractivity contribution in [2.24, 2.45) is 5.92 Å². The number of para-hydroxylation sites is 2. The number of benzene rings is 1. The average Bonchev–Trinajstić information content (AvgIpc) is 2.75. The minimum absolute atomic E-state index is 0.0264. The van der Waals surface area contributed by atoms with Crippen LogP contribution in [-0.2, 0) is 6.54 Å². The molecule has 1 aromatic carbocycles. The topological polar surface area (TPSA) is 71.3 Å². The van der Waals surface area contributed by atoms with Gasteiger partial charge in [0.25, 0.3) is 11.5 Å². The Bertz CT molecular complexity index is 1070. The van der Waals surface area contributed by atoms with Gasteiger partial charge in [-0.3, -0.25) is 14.6 Å². The third-order valence-corrected chi connectivity index (χ3v) is 5.16. The van der Waals surface area contributed by atoms with Crippen LogP contribution >= 0.6 is 0 Å². The third-order valence-electron chi connectivity index (χ3n) is 5.16. The molecule has 1 aliphatic rings. The number of carbonyl (C=O) groups excluding carboxylic acids is 1. The summed E-state index contributed by atoms with van der Waals surface area (Å²) in [6.07, 6.45) is 3.24. The van der Waals surface area contributed by atoms with Gasteiger partial charge in [0.2, 0.25) is 0 Å². The molecule has 0 bridgehead atoms. The molecule has 4 rings (SSSR count). The van der Waals surface area contributed by atoms with Gasteiger partial charge in [-0.2, -0.15) is 0 Å². The molecule has 0 unspecified atom stereocenters. The van der Waals surface area contributed by atoms with E-state index < -0.39 is 0 Å². The normalized spacial score (nSPS) is 14.6. The maximum Gasteiger partial charge on any atom is 0.294 e. The van der Waals surface area contributed by atoms with Crippen molar-refractivity contribution < 1.29 is 4.79 Å². The standard InChI is InChI=1S/C22H25N5O2/c1-16(2)15-27-19-8-4-3-7-18(19)24-20(22(27)29)25-10-12-26(13-11-25)21(28)17-6-5-9-23-14-17/h3-9,14,16H,10-13,15H2,1-2H3. The first-order valence-corrected chi connectivity index (χ1v) is 9.98. The molecular weight excluding hydrogens is 366 g/mol. The summed E-state index contributed by atoms with van der Waals surface area (Å²) in [6, 6.07) is 11.3. The van der Waals surface area contributed by atoms with Crippen molar-refractivity contribution in [2.75, 3.05) is 31.1 Å². The first kappa shape index (κ1) is 19.1. The highest BCUT2D eigenvalue weighted by Crippen LogP contribution is 2.17. The molecule has 0 saturated carbocycles. The predicted molar refractivity (Wildman–Crippen MR) is 113 cm³/mol. The highest BCUT2D eigenvalue weighted by atomic mass is 16.2. The number of piperazine rings is 1. The van der Waals surface area contributed by atoms with E-state index >= 15 is 0 Å². The fraction of sp³-hybridized carbons (Fsp3) is 0.364. The zero-order valence-corrected chi connectivity index (χ0v) is 16.8. The van der Waals surface area contributed by atoms with E-state index in [1.165, 1.54) is 0 Å². The van der Waals surface area contributed by atoms with Crippen LogP contribution in [0.25, 0.3) is 11.0 Å². The molecule has 2 aromatic heterocycles. The second kappa shape index (κ2) is 8.03. The molecule has 0 spiro atoms. The predicted octanol–water partition coefficient (Wildman–Crippen LogP) is 2.41. The summed E-state index contributed by atoms with van der Waals surface area (Å²) >= 11 is 0. The van der Waals surface area contributed by atoms with Crippen molar-refractivity contribution in [1.82, 2.24) is 19.4 Å². The molecule has 3 aromatic rings. The molecule has 3 heterocycles. The number of amides is 1. The molecule has 0 atom stereocenters. The number of aromatic nitrogens is 3. The van der Waals surface area contributed by atoms with Gasteiger partial charge in [-0.25, -0.2) is 4.98 Å². The van der Waals surface area contributed by atoms with Crippen molar-refractivity contribution in [2.45, 2.75) is 20.4 Å². The van der Waals surface area contributed by atoms with E-state index in [2.05, 4.69) is 23.8 Å². The van der Waals surface area contributed by atoms with Crippen LogP contribution in [0.1, 0.15) is 24.2 Å². The fourth-order valence-corrected chi connectivity index (χ4v) is 3.72. The van der Waals surface area contributed by atoms with Gasteiger partial charge >= 0.3 is 0 Å². The van der Waals surface area contributed by atoms with E-state index in [1.807, 2.05) is 33.7 Å². The molecule has 150 valence electrons. The van der Waals surface area contributed by atoms with Crippen molar-refractivity contribution in [3.8, 4) is 0 Å². The Balaban J connectivity index is 1.59. The largest absolute Gasteiger partial charge is 0.348 e. The van der Waals surface area contributed by atoms with Gasteiger partial charge in [-0.15, -0.1) is 0 Å². The van der Waals surface area contributed by atoms with Crippen molar-refractivity contribution >= 4 is 22.8 Å². The maximum atomic E-state index is 13.2. The number of carbonyl (C=O) groups is 1. The van der Waals surface area contributed by atoms with Gasteiger partial charge in [0, 0.05) is 45.1 Å². The Morgan fingerprint density at radius 3 is 2.52 bits per heavy atom. The van der Waals surface area contributed by atoms with E-state index in [-0.39, 0.29) is 11.5 Å². The average molecular weight is 391 g/mol. The summed E-state index contributed by atoms with van der Waals surface area (Å²) in [4.78, 5) is 38.4. The zero-order chi connectivity index (χ0) is 20.4. The van der Waals surface area contributed by atoms with Crippen LogP contribution < -0.4 is 10.5 Å². The van der Waals surface area contributed by atoms with Crippen LogP contribution in [0.4, 0.5) is 5.82 Å². The number of nitrogens with zero attached hydrogens (tertiary/aromatic N) is 5. The number of hydrogen-bond acceptors (Lipinski definition) is 5. The van der Waals surface area contributed by atoms with E-state index in [0.29, 0.717) is 50.0 Å². The zero-order valence-electron chi connectivity index (χ0n) is 16.8. The number of rotatable bonds is 4. The molecule has 1 aliphatic heterocycles. The number of pyridine rings is 1. The van der Waals surface area contributed by atoms with Crippen LogP contribution in [0.5, 0.6) is 0 Å². The van der Waals surface area contributed by atoms with Gasteiger partial charge in [0.05, 0.1) is 16.6 Å². The molecule has 0 N–H and O–H groups in total. The van der Waals surface area contributed by atoms with E-state index in [0.717, 1.165) is 11.0 Å². The van der Waals surface area contributed by atoms with Gasteiger partial charge < -0.3 is 14.4 Å². The molecule has 1 fully saturated rings. The summed E-state index contributed by atoms with van der Waals surface area (Å²) in [6.45, 7) is 7.10. The third kappa shape index (κ3) is 3.85. The molecule has 7 nitrogen and oxygen atoms in total. The number of fused-ring (bicyclic) bond motifs is 1. The molecule has 1 saturated heterocycles. The number of hydrogen-bond donors (Lipinski definition) is 0. The van der Waals surface area contributed by atoms with E-state index in [4.69, 9.17) is 0 Å². The lowest BCUT2D eigenvalue weighted by atomic mass is 10.2. The SMILES string of the molecule is CC(C)Cn1c(=O)c(N2CCN(C(=O)c3cccnc3)CC2)nc2ccccc21. The summed E-state index contributed by atoms with van der Waals surface area (Å²) in [5.41, 5.74) is 2.20. The Morgan fingerprint density at radius 2 is 1.83 bits per heavy atom. The van der Waals surface area contributed by atoms with Crippen LogP contribution in [0.15, 0.2) is 53.6 Å². The smallest absolute Gasteiger partial charge is 0.294 e. The Hall–Kier alpha value is -3.22. The molecule has 0 radical (unpaired) electrons. The highest BCUT2D eigenvalue weighted by Gasteiger charge is 2.25. The van der Waals surface area contributed by atoms with Gasteiger partial charge in [-0.1, -0.05) is 26.0 Å². The minimum atomic E-state index is -0.0653. The van der Waals surface area contributed by atoms with Crippen molar-refractivity contribution in [1.29, 1.82) is 0 Å². The van der Waals surface area contributed by atoms with Crippen LogP contribution in [0.2, 0.25) is 0 Å². The van der Waals surface area contributed by atoms with Crippen molar-refractivity contribution in [3.05, 3.63) is 64.7 Å². The Morgan fingerprint density at radius 1 is 1.07 bits per heavy atom. The summed E-state index contributed by atoms with van der Waals surface area (Å²) in [5.74, 6) is 0.791. The summed E-state index contributed by atoms with van der Waals surface area (Å²) in [5, 5.41) is 0. The highest BCUT2D eigenvalue weighted by molar-refractivity contribution is 5.94. The lowest BCUT2D eigenvalue weighted by Gasteiger charge is -2.35. The minimum Gasteiger partial charge on any atom is -0.348 e. The van der Waals surface area contributed by atoms with Crippen LogP contribution in [-0.4, -0.2) is 51.5 Å². The van der Waals surface area contributed by atoms with Crippen LogP contribution in [0, 0.1) is 5.92 Å². The van der Waals surface area contributed by atoms with Crippen LogP contribution in [0.3, 0.4) is 0 Å². The summed E-state index contributed by atoms with van der Waals surface area (Å²) in [7, 11) is 0. The quantitative estimate of drug-likeness (QED) is 0.683. The fourth-order valence-electron chi connectivity index (χ4n) is 3.72. The lowest BCUT2D eigenvalue weighted by Crippen LogP contribution is -2.50. The second-order valence-corrected chi connectivity index (χ2v) is 7.75. The van der Waals surface area contributed by atoms with E-state index in [1.54, 1.807) is 29.4 Å². The van der Waals surface area contributed by atoms with Gasteiger partial charge in [-0.05, 0) is 30.2 Å². The van der Waals surface area contributed by atoms with E-state index in [9.17, 15) is 9.59 Å². The monoisotopic (exact) mass is 391 g/mol. The molecular formula is C22H25N5O2. The first-order valence-electron chi connectivity index (χ1n) is 9.98. The maximum absolute atomic E-state index is 13.2. The lowest BCUT2D eigenvalue weighted by molar-refractivity contribution is 0.0746. The Kier molecular flexibility index (Phi) is 5.29. The Labute approximate surface area is 169 Å². The molecule has 29 heavy (non-hydrogen) atoms. The second-order valence-electron chi connectivity index (χ2n) is 7.75. The van der Waals surface area contributed by atoms with Crippen molar-refractivity contribution in [3.63, 3.8) is 0 Å². The first-order chi connectivity index (χ1) is 14.0. The molecule has 0 aliphatic carbocycles. The number of anilines is 1.